The molecule has 2 aromatic carbocycles. The molecule has 28 heavy (non-hydrogen) atoms. The van der Waals surface area contributed by atoms with Crippen molar-refractivity contribution < 1.29 is 14.3 Å². The molecule has 0 unspecified atom stereocenters. The second kappa shape index (κ2) is 9.97. The molecule has 146 valence electrons. The number of aryl methyl sites for hydroxylation is 1. The number of nitriles is 1. The van der Waals surface area contributed by atoms with Gasteiger partial charge in [-0.05, 0) is 87.2 Å². The normalized spacial score (nSPS) is 11.0. The Morgan fingerprint density at radius 3 is 2.46 bits per heavy atom. The molecule has 0 saturated carbocycles. The van der Waals surface area contributed by atoms with E-state index in [4.69, 9.17) is 21.1 Å². The molecule has 0 bridgehead atoms. The van der Waals surface area contributed by atoms with E-state index in [0.717, 1.165) is 5.56 Å². The molecule has 0 aliphatic rings. The molecular weight excluding hydrogens is 511 g/mol. The zero-order valence-electron chi connectivity index (χ0n) is 15.4. The van der Waals surface area contributed by atoms with Crippen LogP contribution in [0.3, 0.4) is 0 Å². The Labute approximate surface area is 185 Å². The minimum absolute atomic E-state index is 0.0818. The molecule has 1 N–H and O–H groups in total. The van der Waals surface area contributed by atoms with E-state index in [2.05, 4.69) is 37.2 Å². The van der Waals surface area contributed by atoms with E-state index in [-0.39, 0.29) is 5.57 Å². The quantitative estimate of drug-likeness (QED) is 0.362. The first-order valence-corrected chi connectivity index (χ1v) is 10.2. The van der Waals surface area contributed by atoms with E-state index in [0.29, 0.717) is 43.3 Å². The number of nitrogens with zero attached hydrogens (tertiary/aromatic N) is 1. The van der Waals surface area contributed by atoms with Crippen molar-refractivity contribution in [2.24, 2.45) is 0 Å². The monoisotopic (exact) mass is 526 g/mol. The number of nitrogens with one attached hydrogen (secondary N) is 1. The molecule has 0 fully saturated rings. The van der Waals surface area contributed by atoms with Gasteiger partial charge < -0.3 is 14.8 Å². The zero-order chi connectivity index (χ0) is 20.8. The van der Waals surface area contributed by atoms with E-state index in [1.165, 1.54) is 13.2 Å². The van der Waals surface area contributed by atoms with Crippen molar-refractivity contribution >= 4 is 61.1 Å². The predicted octanol–water partition coefficient (Wildman–Crippen LogP) is 6.13. The van der Waals surface area contributed by atoms with Crippen molar-refractivity contribution in [2.75, 3.05) is 19.0 Å². The highest BCUT2D eigenvalue weighted by molar-refractivity contribution is 9.11. The first-order valence-electron chi connectivity index (χ1n) is 8.19. The van der Waals surface area contributed by atoms with Crippen LogP contribution in [-0.2, 0) is 4.79 Å². The number of carbonyl (C=O) groups is 1. The number of methoxy groups -OCH3 is 1. The van der Waals surface area contributed by atoms with Crippen molar-refractivity contribution in [3.05, 3.63) is 54.9 Å². The zero-order valence-corrected chi connectivity index (χ0v) is 19.3. The van der Waals surface area contributed by atoms with Gasteiger partial charge in [-0.2, -0.15) is 5.26 Å². The van der Waals surface area contributed by atoms with Crippen molar-refractivity contribution in [3.63, 3.8) is 0 Å². The van der Waals surface area contributed by atoms with Crippen LogP contribution in [0.5, 0.6) is 11.5 Å². The fourth-order valence-electron chi connectivity index (χ4n) is 2.42. The number of amides is 1. The van der Waals surface area contributed by atoms with Crippen LogP contribution in [0.25, 0.3) is 6.08 Å². The molecule has 5 nitrogen and oxygen atoms in total. The maximum Gasteiger partial charge on any atom is 0.266 e. The molecule has 1 amide bonds. The molecule has 2 rings (SSSR count). The molecule has 8 heteroatoms. The number of benzene rings is 2. The summed E-state index contributed by atoms with van der Waals surface area (Å²) in [5.74, 6) is 0.290. The second-order valence-electron chi connectivity index (χ2n) is 5.69. The van der Waals surface area contributed by atoms with E-state index in [1.807, 2.05) is 32.0 Å². The van der Waals surface area contributed by atoms with Crippen molar-refractivity contribution in [3.8, 4) is 17.6 Å². The second-order valence-corrected chi connectivity index (χ2v) is 7.81. The Hall–Kier alpha value is -2.01. The molecule has 0 aliphatic heterocycles. The van der Waals surface area contributed by atoms with Crippen LogP contribution in [0, 0.1) is 18.3 Å². The first-order chi connectivity index (χ1) is 13.3. The molecule has 2 aromatic rings. The van der Waals surface area contributed by atoms with Crippen LogP contribution in [0.15, 0.2) is 38.8 Å². The molecule has 0 atom stereocenters. The van der Waals surface area contributed by atoms with Gasteiger partial charge in [0, 0.05) is 8.95 Å². The third-order valence-electron chi connectivity index (χ3n) is 3.64. The van der Waals surface area contributed by atoms with Gasteiger partial charge in [0.15, 0.2) is 11.5 Å². The summed E-state index contributed by atoms with van der Waals surface area (Å²) in [5.41, 5.74) is 2.02. The summed E-state index contributed by atoms with van der Waals surface area (Å²) in [5, 5.41) is 12.5. The third-order valence-corrected chi connectivity index (χ3v) is 5.17. The summed E-state index contributed by atoms with van der Waals surface area (Å²) >= 11 is 13.1. The Balaban J connectivity index is 2.37. The lowest BCUT2D eigenvalue weighted by molar-refractivity contribution is -0.112. The minimum atomic E-state index is -0.545. The SMILES string of the molecule is CCOc1c(Cl)cc(/C=C(\C#N)C(=O)Nc2c(Br)cc(C)cc2Br)cc1OC. The van der Waals surface area contributed by atoms with Crippen molar-refractivity contribution in [2.45, 2.75) is 13.8 Å². The molecular formula is C20H17Br2ClN2O3. The summed E-state index contributed by atoms with van der Waals surface area (Å²) in [6.07, 6.45) is 1.44. The van der Waals surface area contributed by atoms with Gasteiger partial charge in [-0.3, -0.25) is 4.79 Å². The van der Waals surface area contributed by atoms with Crippen molar-refractivity contribution in [1.29, 1.82) is 5.26 Å². The van der Waals surface area contributed by atoms with E-state index in [1.54, 1.807) is 12.1 Å². The lowest BCUT2D eigenvalue weighted by Crippen LogP contribution is -2.14. The van der Waals surface area contributed by atoms with Gasteiger partial charge in [-0.15, -0.1) is 0 Å². The summed E-state index contributed by atoms with van der Waals surface area (Å²) in [6.45, 7) is 4.20. The lowest BCUT2D eigenvalue weighted by Gasteiger charge is -2.12. The molecule has 0 radical (unpaired) electrons. The highest BCUT2D eigenvalue weighted by Gasteiger charge is 2.16. The maximum atomic E-state index is 12.6. The van der Waals surface area contributed by atoms with Crippen LogP contribution >= 0.6 is 43.5 Å². The fourth-order valence-corrected chi connectivity index (χ4v) is 4.31. The number of hydrogen-bond donors (Lipinski definition) is 1. The van der Waals surface area contributed by atoms with Gasteiger partial charge in [-0.1, -0.05) is 11.6 Å². The standard InChI is InChI=1S/C20H17Br2ClN2O3/c1-4-28-19-16(23)8-12(9-17(19)27-3)7-13(10-24)20(26)25-18-14(21)5-11(2)6-15(18)22/h5-9H,4H2,1-3H3,(H,25,26)/b13-7+. The number of anilines is 1. The van der Waals surface area contributed by atoms with Crippen LogP contribution in [-0.4, -0.2) is 19.6 Å². The molecule has 0 heterocycles. The minimum Gasteiger partial charge on any atom is -0.493 e. The Kier molecular flexibility index (Phi) is 7.93. The van der Waals surface area contributed by atoms with E-state index < -0.39 is 5.91 Å². The van der Waals surface area contributed by atoms with Gasteiger partial charge in [0.2, 0.25) is 0 Å². The largest absolute Gasteiger partial charge is 0.493 e. The summed E-state index contributed by atoms with van der Waals surface area (Å²) in [4.78, 5) is 12.6. The number of halogens is 3. The summed E-state index contributed by atoms with van der Waals surface area (Å²) < 4.78 is 12.2. The van der Waals surface area contributed by atoms with E-state index >= 15 is 0 Å². The topological polar surface area (TPSA) is 71.3 Å². The number of hydrogen-bond acceptors (Lipinski definition) is 4. The number of carbonyl (C=O) groups excluding carboxylic acids is 1. The van der Waals surface area contributed by atoms with Gasteiger partial charge in [-0.25, -0.2) is 0 Å². The van der Waals surface area contributed by atoms with Gasteiger partial charge in [0.25, 0.3) is 5.91 Å². The Morgan fingerprint density at radius 2 is 1.93 bits per heavy atom. The van der Waals surface area contributed by atoms with Gasteiger partial charge in [0.05, 0.1) is 24.4 Å². The van der Waals surface area contributed by atoms with Crippen LogP contribution in [0.1, 0.15) is 18.1 Å². The fraction of sp³-hybridized carbons (Fsp3) is 0.200. The van der Waals surface area contributed by atoms with Gasteiger partial charge in [0.1, 0.15) is 11.6 Å². The lowest BCUT2D eigenvalue weighted by atomic mass is 10.1. The Bertz CT molecular complexity index is 961. The average molecular weight is 529 g/mol. The predicted molar refractivity (Wildman–Crippen MR) is 118 cm³/mol. The summed E-state index contributed by atoms with van der Waals surface area (Å²) in [6, 6.07) is 8.92. The highest BCUT2D eigenvalue weighted by Crippen LogP contribution is 2.37. The molecule has 0 aromatic heterocycles. The van der Waals surface area contributed by atoms with Crippen LogP contribution in [0.4, 0.5) is 5.69 Å². The highest BCUT2D eigenvalue weighted by atomic mass is 79.9. The average Bonchev–Trinajstić information content (AvgIpc) is 2.64. The van der Waals surface area contributed by atoms with Gasteiger partial charge >= 0.3 is 0 Å². The number of ether oxygens (including phenoxy) is 2. The smallest absolute Gasteiger partial charge is 0.266 e. The van der Waals surface area contributed by atoms with E-state index in [9.17, 15) is 10.1 Å². The van der Waals surface area contributed by atoms with Crippen molar-refractivity contribution in [1.82, 2.24) is 0 Å². The maximum absolute atomic E-state index is 12.6. The first kappa shape index (κ1) is 22.3. The Morgan fingerprint density at radius 1 is 1.29 bits per heavy atom. The van der Waals surface area contributed by atoms with Crippen LogP contribution in [0.2, 0.25) is 5.02 Å². The third kappa shape index (κ3) is 5.28. The number of rotatable bonds is 6. The molecule has 0 saturated heterocycles. The summed E-state index contributed by atoms with van der Waals surface area (Å²) in [7, 11) is 1.49. The molecule has 0 spiro atoms. The van der Waals surface area contributed by atoms with Crippen LogP contribution < -0.4 is 14.8 Å². The molecule has 0 aliphatic carbocycles.